The van der Waals surface area contributed by atoms with Crippen molar-refractivity contribution in [2.45, 2.75) is 40.2 Å². The van der Waals surface area contributed by atoms with Crippen LogP contribution in [0.25, 0.3) is 10.6 Å². The molecule has 152 valence electrons. The van der Waals surface area contributed by atoms with E-state index < -0.39 is 5.54 Å². The zero-order chi connectivity index (χ0) is 21.5. The number of aromatic nitrogens is 3. The summed E-state index contributed by atoms with van der Waals surface area (Å²) < 4.78 is 2.29. The maximum atomic E-state index is 13.0. The van der Waals surface area contributed by atoms with Gasteiger partial charge < -0.3 is 5.32 Å². The van der Waals surface area contributed by atoms with Gasteiger partial charge in [-0.15, -0.1) is 11.3 Å². The van der Waals surface area contributed by atoms with E-state index in [-0.39, 0.29) is 11.5 Å². The molecule has 0 spiro atoms. The van der Waals surface area contributed by atoms with E-state index in [9.17, 15) is 9.59 Å². The van der Waals surface area contributed by atoms with E-state index in [1.165, 1.54) is 16.0 Å². The highest BCUT2D eigenvalue weighted by Gasteiger charge is 2.27. The van der Waals surface area contributed by atoms with Crippen LogP contribution in [0.2, 0.25) is 0 Å². The van der Waals surface area contributed by atoms with Crippen molar-refractivity contribution >= 4 is 33.2 Å². The van der Waals surface area contributed by atoms with E-state index in [0.29, 0.717) is 21.1 Å². The molecule has 8 heteroatoms. The summed E-state index contributed by atoms with van der Waals surface area (Å²) in [5.41, 5.74) is 2.86. The van der Waals surface area contributed by atoms with Gasteiger partial charge in [-0.1, -0.05) is 28.1 Å². The molecule has 0 radical (unpaired) electrons. The maximum absolute atomic E-state index is 13.0. The molecule has 3 aromatic rings. The average molecular weight is 475 g/mol. The third-order valence-electron chi connectivity index (χ3n) is 4.93. The lowest BCUT2D eigenvalue weighted by Crippen LogP contribution is -2.40. The number of halogens is 1. The molecule has 0 unspecified atom stereocenters. The highest BCUT2D eigenvalue weighted by atomic mass is 79.9. The van der Waals surface area contributed by atoms with E-state index in [1.54, 1.807) is 14.0 Å². The number of hydrogen-bond donors (Lipinski definition) is 1. The summed E-state index contributed by atoms with van der Waals surface area (Å²) in [5.74, 6) is -0.209. The fraction of sp³-hybridized carbons (Fsp3) is 0.333. The molecule has 0 aliphatic rings. The minimum Gasteiger partial charge on any atom is -0.342 e. The Balaban J connectivity index is 1.96. The van der Waals surface area contributed by atoms with Gasteiger partial charge in [0.2, 0.25) is 0 Å². The van der Waals surface area contributed by atoms with Crippen molar-refractivity contribution in [3.05, 3.63) is 66.5 Å². The Kier molecular flexibility index (Phi) is 5.78. The second-order valence-electron chi connectivity index (χ2n) is 7.53. The first-order valence-electron chi connectivity index (χ1n) is 9.12. The predicted octanol–water partition coefficient (Wildman–Crippen LogP) is 4.26. The van der Waals surface area contributed by atoms with E-state index in [0.717, 1.165) is 21.3 Å². The van der Waals surface area contributed by atoms with Crippen molar-refractivity contribution in [2.24, 2.45) is 7.05 Å². The molecule has 3 rings (SSSR count). The van der Waals surface area contributed by atoms with Crippen LogP contribution in [0, 0.1) is 20.8 Å². The molecule has 1 amide bonds. The van der Waals surface area contributed by atoms with Gasteiger partial charge in [0.05, 0.1) is 22.5 Å². The number of hydrogen-bond acceptors (Lipinski definition) is 5. The zero-order valence-electron chi connectivity index (χ0n) is 17.3. The first-order chi connectivity index (χ1) is 13.5. The van der Waals surface area contributed by atoms with Crippen LogP contribution in [0.5, 0.6) is 0 Å². The Bertz CT molecular complexity index is 1150. The Labute approximate surface area is 182 Å². The number of nitrogens with one attached hydrogen (secondary N) is 1. The summed E-state index contributed by atoms with van der Waals surface area (Å²) in [6.07, 6.45) is 0. The number of nitrogens with zero attached hydrogens (tertiary/aromatic N) is 3. The molecular weight excluding hydrogens is 452 g/mol. The van der Waals surface area contributed by atoms with Crippen LogP contribution in [0.3, 0.4) is 0 Å². The van der Waals surface area contributed by atoms with Gasteiger partial charge in [0, 0.05) is 11.5 Å². The summed E-state index contributed by atoms with van der Waals surface area (Å²) in [5, 5.41) is 7.84. The maximum Gasteiger partial charge on any atom is 0.277 e. The minimum atomic E-state index is -0.562. The van der Waals surface area contributed by atoms with E-state index in [2.05, 4.69) is 31.3 Å². The van der Waals surface area contributed by atoms with Gasteiger partial charge >= 0.3 is 0 Å². The highest BCUT2D eigenvalue weighted by Crippen LogP contribution is 2.30. The van der Waals surface area contributed by atoms with Crippen LogP contribution in [0.1, 0.15) is 46.0 Å². The Morgan fingerprint density at radius 3 is 2.38 bits per heavy atom. The van der Waals surface area contributed by atoms with Crippen molar-refractivity contribution in [3.8, 4) is 10.6 Å². The summed E-state index contributed by atoms with van der Waals surface area (Å²) in [6.45, 7) is 9.41. The van der Waals surface area contributed by atoms with Crippen LogP contribution in [0.15, 0.2) is 33.5 Å². The number of carbonyl (C=O) groups is 1. The molecule has 0 bridgehead atoms. The van der Waals surface area contributed by atoms with E-state index in [1.807, 2.05) is 52.0 Å². The van der Waals surface area contributed by atoms with Crippen molar-refractivity contribution in [3.63, 3.8) is 0 Å². The van der Waals surface area contributed by atoms with Gasteiger partial charge in [0.15, 0.2) is 0 Å². The Hall–Kier alpha value is -2.32. The van der Waals surface area contributed by atoms with Crippen LogP contribution in [-0.4, -0.2) is 20.7 Å². The molecule has 0 fully saturated rings. The molecule has 0 saturated carbocycles. The predicted molar refractivity (Wildman–Crippen MR) is 119 cm³/mol. The number of carbonyl (C=O) groups excluding carboxylic acids is 1. The fourth-order valence-electron chi connectivity index (χ4n) is 3.09. The monoisotopic (exact) mass is 474 g/mol. The third-order valence-corrected chi connectivity index (χ3v) is 6.64. The lowest BCUT2D eigenvalue weighted by Gasteiger charge is -2.26. The molecule has 0 aliphatic heterocycles. The molecule has 1 aromatic carbocycles. The zero-order valence-corrected chi connectivity index (χ0v) is 19.7. The summed E-state index contributed by atoms with van der Waals surface area (Å²) in [4.78, 5) is 30.7. The molecule has 0 saturated heterocycles. The number of rotatable bonds is 4. The second-order valence-corrected chi connectivity index (χ2v) is 9.45. The van der Waals surface area contributed by atoms with Crippen molar-refractivity contribution in [1.82, 2.24) is 20.1 Å². The second kappa shape index (κ2) is 7.84. The van der Waals surface area contributed by atoms with Gasteiger partial charge in [0.25, 0.3) is 11.5 Å². The third kappa shape index (κ3) is 4.18. The molecule has 6 nitrogen and oxygen atoms in total. The Morgan fingerprint density at radius 1 is 1.14 bits per heavy atom. The SMILES string of the molecule is Cc1nc(-c2c(C)c(C)nn(C)c2=O)sc1C(=O)NC(C)(C)c1ccc(Br)cc1. The first-order valence-corrected chi connectivity index (χ1v) is 10.7. The van der Waals surface area contributed by atoms with Crippen molar-refractivity contribution in [1.29, 1.82) is 0 Å². The van der Waals surface area contributed by atoms with Gasteiger partial charge in [-0.2, -0.15) is 5.10 Å². The largest absolute Gasteiger partial charge is 0.342 e. The van der Waals surface area contributed by atoms with Crippen LogP contribution in [0.4, 0.5) is 0 Å². The van der Waals surface area contributed by atoms with Gasteiger partial charge in [-0.05, 0) is 57.9 Å². The molecule has 2 aromatic heterocycles. The van der Waals surface area contributed by atoms with Crippen LogP contribution >= 0.6 is 27.3 Å². The van der Waals surface area contributed by atoms with Gasteiger partial charge in [-0.25, -0.2) is 9.67 Å². The number of amides is 1. The lowest BCUT2D eigenvalue weighted by molar-refractivity contribution is 0.0915. The summed E-state index contributed by atoms with van der Waals surface area (Å²) >= 11 is 4.66. The Morgan fingerprint density at radius 2 is 1.76 bits per heavy atom. The van der Waals surface area contributed by atoms with Crippen LogP contribution < -0.4 is 10.9 Å². The normalized spacial score (nSPS) is 11.6. The van der Waals surface area contributed by atoms with Crippen LogP contribution in [-0.2, 0) is 12.6 Å². The number of aryl methyl sites for hydroxylation is 3. The lowest BCUT2D eigenvalue weighted by atomic mass is 9.94. The first kappa shape index (κ1) is 21.4. The number of thiazole rings is 1. The van der Waals surface area contributed by atoms with Gasteiger partial charge in [0.1, 0.15) is 9.88 Å². The number of benzene rings is 1. The highest BCUT2D eigenvalue weighted by molar-refractivity contribution is 9.10. The quantitative estimate of drug-likeness (QED) is 0.612. The summed E-state index contributed by atoms with van der Waals surface area (Å²) in [7, 11) is 1.62. The van der Waals surface area contributed by atoms with E-state index in [4.69, 9.17) is 0 Å². The molecule has 29 heavy (non-hydrogen) atoms. The summed E-state index contributed by atoms with van der Waals surface area (Å²) in [6, 6.07) is 7.84. The van der Waals surface area contributed by atoms with E-state index >= 15 is 0 Å². The van der Waals surface area contributed by atoms with Gasteiger partial charge in [-0.3, -0.25) is 9.59 Å². The molecular formula is C21H23BrN4O2S. The molecule has 1 N–H and O–H groups in total. The minimum absolute atomic E-state index is 0.209. The fourth-order valence-corrected chi connectivity index (χ4v) is 4.41. The topological polar surface area (TPSA) is 76.9 Å². The molecule has 0 aliphatic carbocycles. The van der Waals surface area contributed by atoms with Crippen molar-refractivity contribution in [2.75, 3.05) is 0 Å². The molecule has 0 atom stereocenters. The average Bonchev–Trinajstić information content (AvgIpc) is 3.02. The molecule has 2 heterocycles. The standard InChI is InChI=1S/C21H23BrN4O2S/c1-11-12(2)25-26(6)20(28)16(11)19-23-13(3)17(29-19)18(27)24-21(4,5)14-7-9-15(22)10-8-14/h7-10H,1-6H3,(H,24,27). The van der Waals surface area contributed by atoms with Crippen molar-refractivity contribution < 1.29 is 4.79 Å². The smallest absolute Gasteiger partial charge is 0.277 e.